The Labute approximate surface area is 173 Å². The highest BCUT2D eigenvalue weighted by Gasteiger charge is 2.31. The standard InChI is InChI=1S/C19H18F3N3O4S/c1-27-8-9-28-14-5-4-12(19(20,21)22)11-13(14)23-16(26)6-7-17-24-18(25-29-17)15-3-2-10-30-15/h2-5,10-11H,6-9H2,1H3,(H,23,26). The zero-order valence-electron chi connectivity index (χ0n) is 15.9. The van der Waals surface area contributed by atoms with E-state index in [9.17, 15) is 18.0 Å². The van der Waals surface area contributed by atoms with Crippen LogP contribution in [0.25, 0.3) is 10.7 Å². The van der Waals surface area contributed by atoms with Crippen molar-refractivity contribution >= 4 is 22.9 Å². The second-order valence-electron chi connectivity index (χ2n) is 6.09. The average molecular weight is 441 g/mol. The first-order valence-electron chi connectivity index (χ1n) is 8.86. The second-order valence-corrected chi connectivity index (χ2v) is 7.03. The number of thiophene rings is 1. The van der Waals surface area contributed by atoms with Gasteiger partial charge in [-0.1, -0.05) is 11.2 Å². The highest BCUT2D eigenvalue weighted by Crippen LogP contribution is 2.35. The van der Waals surface area contributed by atoms with Crippen molar-refractivity contribution in [2.75, 3.05) is 25.6 Å². The highest BCUT2D eigenvalue weighted by molar-refractivity contribution is 7.13. The summed E-state index contributed by atoms with van der Waals surface area (Å²) in [6.45, 7) is 0.371. The van der Waals surface area contributed by atoms with Crippen LogP contribution >= 0.6 is 11.3 Å². The first kappa shape index (κ1) is 21.8. The van der Waals surface area contributed by atoms with Crippen molar-refractivity contribution in [1.82, 2.24) is 10.1 Å². The van der Waals surface area contributed by atoms with Crippen molar-refractivity contribution in [1.29, 1.82) is 0 Å². The van der Waals surface area contributed by atoms with Crippen LogP contribution in [0.4, 0.5) is 18.9 Å². The molecule has 3 aromatic rings. The number of carbonyl (C=O) groups is 1. The second kappa shape index (κ2) is 9.72. The number of aromatic nitrogens is 2. The fourth-order valence-corrected chi connectivity index (χ4v) is 3.11. The van der Waals surface area contributed by atoms with E-state index in [0.29, 0.717) is 5.82 Å². The topological polar surface area (TPSA) is 86.5 Å². The quantitative estimate of drug-likeness (QED) is 0.495. The molecule has 0 unspecified atom stereocenters. The number of amides is 1. The number of carbonyl (C=O) groups excluding carboxylic acids is 1. The minimum absolute atomic E-state index is 0.0557. The molecule has 0 saturated carbocycles. The monoisotopic (exact) mass is 441 g/mol. The molecule has 2 aromatic heterocycles. The lowest BCUT2D eigenvalue weighted by molar-refractivity contribution is -0.137. The molecule has 0 radical (unpaired) electrons. The number of halogens is 3. The number of anilines is 1. The zero-order valence-corrected chi connectivity index (χ0v) is 16.7. The summed E-state index contributed by atoms with van der Waals surface area (Å²) in [5.74, 6) is 0.286. The summed E-state index contributed by atoms with van der Waals surface area (Å²) in [6, 6.07) is 6.58. The Hall–Kier alpha value is -2.92. The summed E-state index contributed by atoms with van der Waals surface area (Å²) in [7, 11) is 1.47. The van der Waals surface area contributed by atoms with E-state index in [1.54, 1.807) is 0 Å². The largest absolute Gasteiger partial charge is 0.489 e. The number of benzene rings is 1. The number of aryl methyl sites for hydroxylation is 1. The summed E-state index contributed by atoms with van der Waals surface area (Å²) >= 11 is 1.45. The number of rotatable bonds is 9. The number of hydrogen-bond donors (Lipinski definition) is 1. The summed E-state index contributed by atoms with van der Waals surface area (Å²) in [6.07, 6.45) is -4.46. The van der Waals surface area contributed by atoms with Crippen LogP contribution in [0, 0.1) is 0 Å². The van der Waals surface area contributed by atoms with Gasteiger partial charge in [-0.05, 0) is 29.6 Å². The Balaban J connectivity index is 1.65. The van der Waals surface area contributed by atoms with Crippen molar-refractivity contribution in [3.8, 4) is 16.5 Å². The summed E-state index contributed by atoms with van der Waals surface area (Å²) in [5.41, 5.74) is -0.967. The molecular weight excluding hydrogens is 423 g/mol. The van der Waals surface area contributed by atoms with Gasteiger partial charge in [0.2, 0.25) is 17.6 Å². The Bertz CT molecular complexity index is 974. The van der Waals surface area contributed by atoms with Crippen LogP contribution in [-0.4, -0.2) is 36.4 Å². The lowest BCUT2D eigenvalue weighted by Crippen LogP contribution is -2.15. The van der Waals surface area contributed by atoms with Gasteiger partial charge in [0.1, 0.15) is 12.4 Å². The maximum absolute atomic E-state index is 13.0. The highest BCUT2D eigenvalue weighted by atomic mass is 32.1. The molecule has 30 heavy (non-hydrogen) atoms. The molecule has 0 spiro atoms. The molecular formula is C19H18F3N3O4S. The molecule has 3 rings (SSSR count). The van der Waals surface area contributed by atoms with Crippen molar-refractivity contribution < 1.29 is 32.0 Å². The maximum Gasteiger partial charge on any atom is 0.416 e. The van der Waals surface area contributed by atoms with Crippen LogP contribution in [0.15, 0.2) is 40.2 Å². The molecule has 0 bridgehead atoms. The molecule has 1 aromatic carbocycles. The predicted molar refractivity (Wildman–Crippen MR) is 103 cm³/mol. The van der Waals surface area contributed by atoms with Gasteiger partial charge in [0.05, 0.1) is 22.7 Å². The van der Waals surface area contributed by atoms with Crippen LogP contribution < -0.4 is 10.1 Å². The van der Waals surface area contributed by atoms with Crippen molar-refractivity contribution in [2.24, 2.45) is 0 Å². The number of ether oxygens (including phenoxy) is 2. The first-order chi connectivity index (χ1) is 14.4. The Morgan fingerprint density at radius 3 is 2.80 bits per heavy atom. The van der Waals surface area contributed by atoms with Gasteiger partial charge >= 0.3 is 6.18 Å². The average Bonchev–Trinajstić information content (AvgIpc) is 3.38. The van der Waals surface area contributed by atoms with E-state index in [-0.39, 0.29) is 43.4 Å². The Morgan fingerprint density at radius 2 is 2.10 bits per heavy atom. The number of nitrogens with one attached hydrogen (secondary N) is 1. The van der Waals surface area contributed by atoms with E-state index in [0.717, 1.165) is 17.0 Å². The molecule has 2 heterocycles. The molecule has 11 heteroatoms. The van der Waals surface area contributed by atoms with E-state index in [2.05, 4.69) is 15.5 Å². The number of hydrogen-bond acceptors (Lipinski definition) is 7. The van der Waals surface area contributed by atoms with E-state index in [1.807, 2.05) is 17.5 Å². The van der Waals surface area contributed by atoms with Gasteiger partial charge in [-0.2, -0.15) is 18.2 Å². The van der Waals surface area contributed by atoms with Crippen LogP contribution in [0.1, 0.15) is 17.9 Å². The molecule has 1 N–H and O–H groups in total. The third kappa shape index (κ3) is 5.80. The van der Waals surface area contributed by atoms with Gasteiger partial charge in [-0.25, -0.2) is 0 Å². The van der Waals surface area contributed by atoms with Crippen LogP contribution in [0.2, 0.25) is 0 Å². The fourth-order valence-electron chi connectivity index (χ4n) is 2.46. The molecule has 0 saturated heterocycles. The first-order valence-corrected chi connectivity index (χ1v) is 9.74. The lowest BCUT2D eigenvalue weighted by atomic mass is 10.1. The van der Waals surface area contributed by atoms with Crippen molar-refractivity contribution in [3.05, 3.63) is 47.2 Å². The minimum atomic E-state index is -4.55. The summed E-state index contributed by atoms with van der Waals surface area (Å²) < 4.78 is 54.5. The van der Waals surface area contributed by atoms with E-state index in [1.165, 1.54) is 24.5 Å². The Kier molecular flexibility index (Phi) is 7.06. The van der Waals surface area contributed by atoms with E-state index in [4.69, 9.17) is 14.0 Å². The van der Waals surface area contributed by atoms with Gasteiger partial charge < -0.3 is 19.3 Å². The molecule has 0 aliphatic heterocycles. The lowest BCUT2D eigenvalue weighted by Gasteiger charge is -2.15. The minimum Gasteiger partial charge on any atom is -0.489 e. The van der Waals surface area contributed by atoms with Crippen LogP contribution in [0.5, 0.6) is 5.75 Å². The number of alkyl halides is 3. The predicted octanol–water partition coefficient (Wildman–Crippen LogP) is 4.41. The molecule has 1 amide bonds. The Morgan fingerprint density at radius 1 is 1.27 bits per heavy atom. The molecule has 0 aliphatic rings. The van der Waals surface area contributed by atoms with Gasteiger partial charge in [-0.3, -0.25) is 4.79 Å². The van der Waals surface area contributed by atoms with Crippen LogP contribution in [-0.2, 0) is 22.1 Å². The number of methoxy groups -OCH3 is 1. The van der Waals surface area contributed by atoms with Gasteiger partial charge in [0, 0.05) is 20.0 Å². The molecule has 0 atom stereocenters. The fraction of sp³-hybridized carbons (Fsp3) is 0.316. The molecule has 0 aliphatic carbocycles. The van der Waals surface area contributed by atoms with Gasteiger partial charge in [0.15, 0.2) is 0 Å². The summed E-state index contributed by atoms with van der Waals surface area (Å²) in [4.78, 5) is 17.3. The van der Waals surface area contributed by atoms with Crippen molar-refractivity contribution in [3.63, 3.8) is 0 Å². The maximum atomic E-state index is 13.0. The third-order valence-electron chi connectivity index (χ3n) is 3.90. The van der Waals surface area contributed by atoms with Gasteiger partial charge in [-0.15, -0.1) is 11.3 Å². The normalized spacial score (nSPS) is 11.5. The summed E-state index contributed by atoms with van der Waals surface area (Å²) in [5, 5.41) is 8.19. The van der Waals surface area contributed by atoms with E-state index >= 15 is 0 Å². The van der Waals surface area contributed by atoms with E-state index < -0.39 is 17.6 Å². The van der Waals surface area contributed by atoms with Crippen LogP contribution in [0.3, 0.4) is 0 Å². The number of nitrogens with zero attached hydrogens (tertiary/aromatic N) is 2. The zero-order chi connectivity index (χ0) is 21.6. The smallest absolute Gasteiger partial charge is 0.416 e. The molecule has 160 valence electrons. The molecule has 7 nitrogen and oxygen atoms in total. The molecule has 0 fully saturated rings. The SMILES string of the molecule is COCCOc1ccc(C(F)(F)F)cc1NC(=O)CCc1nc(-c2cccs2)no1. The van der Waals surface area contributed by atoms with Gasteiger partial charge in [0.25, 0.3) is 0 Å². The third-order valence-corrected chi connectivity index (χ3v) is 4.77. The van der Waals surface area contributed by atoms with Crippen molar-refractivity contribution in [2.45, 2.75) is 19.0 Å².